The first-order valence-electron chi connectivity index (χ1n) is 8.67. The van der Waals surface area contributed by atoms with Gasteiger partial charge in [-0.1, -0.05) is 12.1 Å². The Morgan fingerprint density at radius 3 is 2.00 bits per heavy atom. The summed E-state index contributed by atoms with van der Waals surface area (Å²) in [6.07, 6.45) is 0. The Morgan fingerprint density at radius 1 is 0.931 bits per heavy atom. The molecule has 9 nitrogen and oxygen atoms in total. The van der Waals surface area contributed by atoms with E-state index in [1.54, 1.807) is 37.3 Å². The number of hydrazine groups is 1. The zero-order valence-corrected chi connectivity index (χ0v) is 16.4. The quantitative estimate of drug-likeness (QED) is 0.718. The van der Waals surface area contributed by atoms with Crippen LogP contribution in [0, 0.1) is 0 Å². The van der Waals surface area contributed by atoms with Crippen molar-refractivity contribution in [2.24, 2.45) is 0 Å². The van der Waals surface area contributed by atoms with E-state index in [9.17, 15) is 14.4 Å². The van der Waals surface area contributed by atoms with Gasteiger partial charge in [0.1, 0.15) is 22.8 Å². The standard InChI is InChI=1S/C20H21N3O6/c1-20(13-5-7-14(27-2)8-6-13)18(25)23(19(26)21-20)22-17(24)12-9-15(28-3)11-16(10-12)29-4/h5-11H,1-4H3,(H,21,26)(H,22,24)/t20-/m0/s1. The highest BCUT2D eigenvalue weighted by Crippen LogP contribution is 2.29. The molecule has 0 saturated carbocycles. The highest BCUT2D eigenvalue weighted by Gasteiger charge is 2.50. The number of hydrogen-bond acceptors (Lipinski definition) is 6. The third kappa shape index (κ3) is 3.66. The number of ether oxygens (including phenoxy) is 3. The molecule has 0 aliphatic carbocycles. The normalized spacial score (nSPS) is 18.3. The van der Waals surface area contributed by atoms with Gasteiger partial charge in [-0.15, -0.1) is 0 Å². The summed E-state index contributed by atoms with van der Waals surface area (Å²) < 4.78 is 15.4. The summed E-state index contributed by atoms with van der Waals surface area (Å²) in [7, 11) is 4.44. The number of nitrogens with one attached hydrogen (secondary N) is 2. The smallest absolute Gasteiger partial charge is 0.344 e. The maximum Gasteiger partial charge on any atom is 0.344 e. The van der Waals surface area contributed by atoms with Gasteiger partial charge in [-0.3, -0.25) is 15.0 Å². The molecular formula is C20H21N3O6. The van der Waals surface area contributed by atoms with Crippen molar-refractivity contribution < 1.29 is 28.6 Å². The third-order valence-electron chi connectivity index (χ3n) is 4.69. The van der Waals surface area contributed by atoms with Crippen molar-refractivity contribution in [3.8, 4) is 17.2 Å². The molecule has 1 fully saturated rings. The second-order valence-electron chi connectivity index (χ2n) is 6.47. The van der Waals surface area contributed by atoms with Crippen molar-refractivity contribution in [3.63, 3.8) is 0 Å². The van der Waals surface area contributed by atoms with E-state index in [4.69, 9.17) is 14.2 Å². The van der Waals surface area contributed by atoms with Gasteiger partial charge in [0.25, 0.3) is 11.8 Å². The summed E-state index contributed by atoms with van der Waals surface area (Å²) in [5, 5.41) is 3.28. The minimum absolute atomic E-state index is 0.167. The molecule has 2 aromatic carbocycles. The van der Waals surface area contributed by atoms with Crippen molar-refractivity contribution >= 4 is 17.8 Å². The number of urea groups is 1. The predicted octanol–water partition coefficient (Wildman–Crippen LogP) is 1.82. The molecule has 2 aromatic rings. The van der Waals surface area contributed by atoms with Crippen LogP contribution in [0.5, 0.6) is 17.2 Å². The van der Waals surface area contributed by atoms with Crippen LogP contribution in [0.4, 0.5) is 4.79 Å². The fraction of sp³-hybridized carbons (Fsp3) is 0.250. The van der Waals surface area contributed by atoms with Crippen LogP contribution in [0.15, 0.2) is 42.5 Å². The molecule has 1 atom stereocenters. The van der Waals surface area contributed by atoms with E-state index in [-0.39, 0.29) is 5.56 Å². The Kier molecular flexibility index (Phi) is 5.31. The predicted molar refractivity (Wildman–Crippen MR) is 103 cm³/mol. The van der Waals surface area contributed by atoms with Crippen molar-refractivity contribution in [3.05, 3.63) is 53.6 Å². The average Bonchev–Trinajstić information content (AvgIpc) is 2.97. The van der Waals surface area contributed by atoms with E-state index in [1.165, 1.54) is 33.5 Å². The first-order valence-corrected chi connectivity index (χ1v) is 8.67. The van der Waals surface area contributed by atoms with Crippen LogP contribution in [0.3, 0.4) is 0 Å². The van der Waals surface area contributed by atoms with Crippen LogP contribution >= 0.6 is 0 Å². The van der Waals surface area contributed by atoms with Crippen molar-refractivity contribution in [1.82, 2.24) is 15.8 Å². The Morgan fingerprint density at radius 2 is 1.48 bits per heavy atom. The van der Waals surface area contributed by atoms with Gasteiger partial charge < -0.3 is 19.5 Å². The average molecular weight is 399 g/mol. The molecular weight excluding hydrogens is 378 g/mol. The lowest BCUT2D eigenvalue weighted by Crippen LogP contribution is -2.47. The van der Waals surface area contributed by atoms with Gasteiger partial charge >= 0.3 is 6.03 Å². The third-order valence-corrected chi connectivity index (χ3v) is 4.69. The van der Waals surface area contributed by atoms with Crippen LogP contribution in [0.2, 0.25) is 0 Å². The molecule has 3 rings (SSSR count). The molecule has 0 radical (unpaired) electrons. The Labute approximate surface area is 167 Å². The Balaban J connectivity index is 1.84. The largest absolute Gasteiger partial charge is 0.497 e. The molecule has 1 aliphatic rings. The molecule has 0 aromatic heterocycles. The first kappa shape index (κ1) is 20.0. The molecule has 0 bridgehead atoms. The number of amides is 4. The molecule has 0 unspecified atom stereocenters. The van der Waals surface area contributed by atoms with Gasteiger partial charge in [0.05, 0.1) is 21.3 Å². The fourth-order valence-electron chi connectivity index (χ4n) is 2.97. The fourth-order valence-corrected chi connectivity index (χ4v) is 2.97. The van der Waals surface area contributed by atoms with Crippen molar-refractivity contribution in [2.45, 2.75) is 12.5 Å². The number of imide groups is 1. The van der Waals surface area contributed by atoms with Gasteiger partial charge in [-0.2, -0.15) is 5.01 Å². The van der Waals surface area contributed by atoms with E-state index in [0.29, 0.717) is 27.8 Å². The second kappa shape index (κ2) is 7.70. The molecule has 1 aliphatic heterocycles. The topological polar surface area (TPSA) is 106 Å². The lowest BCUT2D eigenvalue weighted by Gasteiger charge is -2.22. The molecule has 9 heteroatoms. The molecule has 4 amide bonds. The summed E-state index contributed by atoms with van der Waals surface area (Å²) in [5.41, 5.74) is 1.73. The summed E-state index contributed by atoms with van der Waals surface area (Å²) in [4.78, 5) is 38.0. The number of methoxy groups -OCH3 is 3. The second-order valence-corrected chi connectivity index (χ2v) is 6.47. The highest BCUT2D eigenvalue weighted by molar-refractivity contribution is 6.09. The molecule has 29 heavy (non-hydrogen) atoms. The highest BCUT2D eigenvalue weighted by atomic mass is 16.5. The maximum absolute atomic E-state index is 13.0. The van der Waals surface area contributed by atoms with Crippen LogP contribution in [-0.2, 0) is 10.3 Å². The van der Waals surface area contributed by atoms with Gasteiger partial charge in [0, 0.05) is 11.6 Å². The molecule has 1 saturated heterocycles. The van der Waals surface area contributed by atoms with E-state index in [1.807, 2.05) is 0 Å². The summed E-state index contributed by atoms with van der Waals surface area (Å²) >= 11 is 0. The first-order chi connectivity index (χ1) is 13.8. The van der Waals surface area contributed by atoms with Gasteiger partial charge in [0.15, 0.2) is 0 Å². The lowest BCUT2D eigenvalue weighted by atomic mass is 9.92. The van der Waals surface area contributed by atoms with Crippen LogP contribution in [0.25, 0.3) is 0 Å². The number of carbonyl (C=O) groups is 3. The number of carbonyl (C=O) groups excluding carboxylic acids is 3. The van der Waals surface area contributed by atoms with Crippen molar-refractivity contribution in [1.29, 1.82) is 0 Å². The molecule has 1 heterocycles. The monoisotopic (exact) mass is 399 g/mol. The minimum atomic E-state index is -1.33. The maximum atomic E-state index is 13.0. The van der Waals surface area contributed by atoms with E-state index < -0.39 is 23.4 Å². The SMILES string of the molecule is COc1ccc([C@]2(C)NC(=O)N(NC(=O)c3cc(OC)cc(OC)c3)C2=O)cc1. The zero-order valence-electron chi connectivity index (χ0n) is 16.4. The Hall–Kier alpha value is -3.75. The number of nitrogens with zero attached hydrogens (tertiary/aromatic N) is 1. The summed E-state index contributed by atoms with van der Waals surface area (Å²) in [5.74, 6) is 0.136. The van der Waals surface area contributed by atoms with Crippen LogP contribution in [0.1, 0.15) is 22.8 Å². The zero-order chi connectivity index (χ0) is 21.2. The minimum Gasteiger partial charge on any atom is -0.497 e. The number of rotatable bonds is 6. The number of benzene rings is 2. The van der Waals surface area contributed by atoms with Gasteiger partial charge in [-0.05, 0) is 36.8 Å². The summed E-state index contributed by atoms with van der Waals surface area (Å²) in [6, 6.07) is 10.5. The van der Waals surface area contributed by atoms with E-state index >= 15 is 0 Å². The summed E-state index contributed by atoms with van der Waals surface area (Å²) in [6.45, 7) is 1.57. The van der Waals surface area contributed by atoms with Gasteiger partial charge in [0.2, 0.25) is 0 Å². The molecule has 2 N–H and O–H groups in total. The Bertz CT molecular complexity index is 937. The van der Waals surface area contributed by atoms with E-state index in [2.05, 4.69) is 10.7 Å². The van der Waals surface area contributed by atoms with Crippen LogP contribution in [-0.4, -0.2) is 44.2 Å². The van der Waals surface area contributed by atoms with Crippen LogP contribution < -0.4 is 25.0 Å². The number of hydrogen-bond donors (Lipinski definition) is 2. The van der Waals surface area contributed by atoms with Crippen molar-refractivity contribution in [2.75, 3.05) is 21.3 Å². The van der Waals surface area contributed by atoms with Gasteiger partial charge in [-0.25, -0.2) is 4.79 Å². The van der Waals surface area contributed by atoms with E-state index in [0.717, 1.165) is 0 Å². The molecule has 0 spiro atoms. The lowest BCUT2D eigenvalue weighted by molar-refractivity contribution is -0.132. The molecule has 152 valence electrons.